The number of benzene rings is 3. The number of amides is 2. The van der Waals surface area contributed by atoms with Gasteiger partial charge in [-0.3, -0.25) is 0 Å². The van der Waals surface area contributed by atoms with E-state index in [-0.39, 0.29) is 17.9 Å². The first kappa shape index (κ1) is 20.6. The average Bonchev–Trinajstić information content (AvgIpc) is 3.18. The van der Waals surface area contributed by atoms with Crippen LogP contribution in [0.1, 0.15) is 22.9 Å². The number of carbonyl (C=O) groups is 1. The van der Waals surface area contributed by atoms with Crippen LogP contribution in [0.15, 0.2) is 71.2 Å². The number of urea groups is 1. The van der Waals surface area contributed by atoms with Crippen LogP contribution in [0.4, 0.5) is 14.9 Å². The quantitative estimate of drug-likeness (QED) is 0.354. The minimum atomic E-state index is -0.375. The summed E-state index contributed by atoms with van der Waals surface area (Å²) < 4.78 is 19.9. The van der Waals surface area contributed by atoms with Gasteiger partial charge in [0.2, 0.25) is 0 Å². The summed E-state index contributed by atoms with van der Waals surface area (Å²) in [6.07, 6.45) is 0.698. The standard InChI is InChI=1S/C25H21BrFN3O2/c1-32-17-10-11-21-19(14-17)18-12-13-30(25(31)29-22-5-3-2-4-20(22)26)24(23(18)28-21)15-6-8-16(27)9-7-15/h2-11,14,24,28H,12-13H2,1H3,(H,29,31)/t24-/m1/s1. The Balaban J connectivity index is 1.59. The van der Waals surface area contributed by atoms with Gasteiger partial charge in [0, 0.05) is 27.6 Å². The molecule has 1 aliphatic rings. The van der Waals surface area contributed by atoms with Crippen molar-refractivity contribution in [2.45, 2.75) is 12.5 Å². The number of rotatable bonds is 3. The van der Waals surface area contributed by atoms with Crippen LogP contribution in [0.5, 0.6) is 5.75 Å². The number of halogens is 2. The first-order valence-corrected chi connectivity index (χ1v) is 11.1. The molecule has 2 N–H and O–H groups in total. The lowest BCUT2D eigenvalue weighted by molar-refractivity contribution is 0.193. The summed E-state index contributed by atoms with van der Waals surface area (Å²) in [6, 6.07) is 19.2. The minimum Gasteiger partial charge on any atom is -0.497 e. The Morgan fingerprint density at radius 2 is 1.94 bits per heavy atom. The molecule has 0 fully saturated rings. The lowest BCUT2D eigenvalue weighted by Gasteiger charge is -2.36. The van der Waals surface area contributed by atoms with Crippen LogP contribution < -0.4 is 10.1 Å². The molecule has 0 aliphatic carbocycles. The van der Waals surface area contributed by atoms with E-state index < -0.39 is 0 Å². The molecule has 3 aromatic carbocycles. The molecule has 0 saturated heterocycles. The molecule has 4 aromatic rings. The third kappa shape index (κ3) is 3.62. The average molecular weight is 494 g/mol. The van der Waals surface area contributed by atoms with Crippen molar-refractivity contribution in [3.05, 3.63) is 93.8 Å². The number of anilines is 1. The van der Waals surface area contributed by atoms with Crippen molar-refractivity contribution in [2.24, 2.45) is 0 Å². The van der Waals surface area contributed by atoms with Crippen LogP contribution in [0.2, 0.25) is 0 Å². The van der Waals surface area contributed by atoms with Gasteiger partial charge in [-0.15, -0.1) is 0 Å². The Kier molecular flexibility index (Phi) is 5.35. The van der Waals surface area contributed by atoms with Gasteiger partial charge in [0.1, 0.15) is 11.6 Å². The number of methoxy groups -OCH3 is 1. The number of aromatic amines is 1. The molecule has 0 bridgehead atoms. The molecule has 0 saturated carbocycles. The topological polar surface area (TPSA) is 57.4 Å². The summed E-state index contributed by atoms with van der Waals surface area (Å²) in [5.41, 5.74) is 4.61. The number of nitrogens with one attached hydrogen (secondary N) is 2. The predicted molar refractivity (Wildman–Crippen MR) is 127 cm³/mol. The van der Waals surface area contributed by atoms with Crippen LogP contribution in [-0.2, 0) is 6.42 Å². The molecule has 5 nitrogen and oxygen atoms in total. The fourth-order valence-electron chi connectivity index (χ4n) is 4.35. The second-order valence-corrected chi connectivity index (χ2v) is 8.59. The van der Waals surface area contributed by atoms with Crippen LogP contribution in [-0.4, -0.2) is 29.6 Å². The summed E-state index contributed by atoms with van der Waals surface area (Å²) >= 11 is 3.49. The molecule has 1 aromatic heterocycles. The van der Waals surface area contributed by atoms with Crippen LogP contribution in [0.25, 0.3) is 10.9 Å². The van der Waals surface area contributed by atoms with Gasteiger partial charge in [0.15, 0.2) is 0 Å². The van der Waals surface area contributed by atoms with Crippen LogP contribution in [0, 0.1) is 5.82 Å². The Hall–Kier alpha value is -3.32. The number of hydrogen-bond donors (Lipinski definition) is 2. The van der Waals surface area contributed by atoms with Crippen molar-refractivity contribution >= 4 is 38.6 Å². The largest absolute Gasteiger partial charge is 0.497 e. The van der Waals surface area contributed by atoms with Gasteiger partial charge >= 0.3 is 6.03 Å². The van der Waals surface area contributed by atoms with Gasteiger partial charge in [0.05, 0.1) is 18.8 Å². The van der Waals surface area contributed by atoms with Crippen molar-refractivity contribution in [2.75, 3.05) is 19.0 Å². The molecular formula is C25H21BrFN3O2. The smallest absolute Gasteiger partial charge is 0.322 e. The normalized spacial score (nSPS) is 15.5. The fraction of sp³-hybridized carbons (Fsp3) is 0.160. The maximum atomic E-state index is 13.7. The molecular weight excluding hydrogens is 473 g/mol. The first-order chi connectivity index (χ1) is 15.5. The van der Waals surface area contributed by atoms with Gasteiger partial charge in [0.25, 0.3) is 0 Å². The molecule has 2 amide bonds. The molecule has 1 aliphatic heterocycles. The molecule has 5 rings (SSSR count). The monoisotopic (exact) mass is 493 g/mol. The third-order valence-electron chi connectivity index (χ3n) is 5.90. The summed E-state index contributed by atoms with van der Waals surface area (Å²) in [5.74, 6) is 0.474. The second-order valence-electron chi connectivity index (χ2n) is 7.74. The third-order valence-corrected chi connectivity index (χ3v) is 6.59. The molecule has 32 heavy (non-hydrogen) atoms. The molecule has 0 radical (unpaired) electrons. The minimum absolute atomic E-state index is 0.215. The molecule has 162 valence electrons. The van der Waals surface area contributed by atoms with Crippen molar-refractivity contribution in [3.8, 4) is 5.75 Å². The Bertz CT molecular complexity index is 1300. The number of aromatic nitrogens is 1. The van der Waals surface area contributed by atoms with Crippen molar-refractivity contribution in [3.63, 3.8) is 0 Å². The fourth-order valence-corrected chi connectivity index (χ4v) is 4.74. The van der Waals surface area contributed by atoms with Crippen molar-refractivity contribution in [1.82, 2.24) is 9.88 Å². The zero-order valence-corrected chi connectivity index (χ0v) is 18.9. The molecule has 0 unspecified atom stereocenters. The maximum absolute atomic E-state index is 13.7. The number of H-pyrrole nitrogens is 1. The zero-order valence-electron chi connectivity index (χ0n) is 17.4. The van der Waals surface area contributed by atoms with Crippen LogP contribution >= 0.6 is 15.9 Å². The van der Waals surface area contributed by atoms with E-state index in [0.717, 1.165) is 37.9 Å². The van der Waals surface area contributed by atoms with E-state index in [1.54, 1.807) is 24.1 Å². The van der Waals surface area contributed by atoms with Gasteiger partial charge in [-0.25, -0.2) is 9.18 Å². The van der Waals surface area contributed by atoms with E-state index in [0.29, 0.717) is 18.7 Å². The number of hydrogen-bond acceptors (Lipinski definition) is 2. The highest BCUT2D eigenvalue weighted by Crippen LogP contribution is 2.39. The van der Waals surface area contributed by atoms with E-state index in [4.69, 9.17) is 4.74 Å². The first-order valence-electron chi connectivity index (χ1n) is 10.3. The van der Waals surface area contributed by atoms with E-state index >= 15 is 0 Å². The second kappa shape index (κ2) is 8.31. The Morgan fingerprint density at radius 1 is 1.16 bits per heavy atom. The van der Waals surface area contributed by atoms with E-state index in [1.165, 1.54) is 12.1 Å². The number of carbonyl (C=O) groups excluding carboxylic acids is 1. The lowest BCUT2D eigenvalue weighted by Crippen LogP contribution is -2.43. The number of para-hydroxylation sites is 1. The van der Waals surface area contributed by atoms with Gasteiger partial charge in [-0.05, 0) is 75.9 Å². The van der Waals surface area contributed by atoms with Crippen LogP contribution in [0.3, 0.4) is 0 Å². The van der Waals surface area contributed by atoms with Crippen molar-refractivity contribution in [1.29, 1.82) is 0 Å². The SMILES string of the molecule is COc1ccc2[nH]c3c(c2c1)CCN(C(=O)Nc1ccccc1Br)[C@@H]3c1ccc(F)cc1. The van der Waals surface area contributed by atoms with Gasteiger partial charge in [-0.2, -0.15) is 0 Å². The van der Waals surface area contributed by atoms with Crippen molar-refractivity contribution < 1.29 is 13.9 Å². The summed E-state index contributed by atoms with van der Waals surface area (Å²) in [5, 5.41) is 4.09. The molecule has 0 spiro atoms. The van der Waals surface area contributed by atoms with Gasteiger partial charge < -0.3 is 19.9 Å². The molecule has 1 atom stereocenters. The maximum Gasteiger partial charge on any atom is 0.322 e. The summed E-state index contributed by atoms with van der Waals surface area (Å²) in [7, 11) is 1.65. The zero-order chi connectivity index (χ0) is 22.2. The number of ether oxygens (including phenoxy) is 1. The number of fused-ring (bicyclic) bond motifs is 3. The predicted octanol–water partition coefficient (Wildman–Crippen LogP) is 6.26. The summed E-state index contributed by atoms with van der Waals surface area (Å²) in [4.78, 5) is 18.7. The van der Waals surface area contributed by atoms with Gasteiger partial charge in [-0.1, -0.05) is 24.3 Å². The van der Waals surface area contributed by atoms with E-state index in [1.807, 2.05) is 42.5 Å². The van der Waals surface area contributed by atoms with E-state index in [2.05, 4.69) is 26.2 Å². The summed E-state index contributed by atoms with van der Waals surface area (Å²) in [6.45, 7) is 0.523. The highest BCUT2D eigenvalue weighted by atomic mass is 79.9. The Morgan fingerprint density at radius 3 is 2.69 bits per heavy atom. The number of nitrogens with zero attached hydrogens (tertiary/aromatic N) is 1. The molecule has 2 heterocycles. The lowest BCUT2D eigenvalue weighted by atomic mass is 9.92. The Labute approximate surface area is 193 Å². The van der Waals surface area contributed by atoms with E-state index in [9.17, 15) is 9.18 Å². The molecule has 7 heteroatoms. The highest BCUT2D eigenvalue weighted by molar-refractivity contribution is 9.10. The highest BCUT2D eigenvalue weighted by Gasteiger charge is 2.35.